The number of unbranched alkanes of at least 4 members (excludes halogenated alkanes) is 6. The lowest BCUT2D eigenvalue weighted by atomic mass is 10.2. The predicted molar refractivity (Wildman–Crippen MR) is 219 cm³/mol. The van der Waals surface area contributed by atoms with Gasteiger partial charge in [-0.25, -0.2) is 14.4 Å². The van der Waals surface area contributed by atoms with Gasteiger partial charge in [0.05, 0.1) is 44.4 Å². The Morgan fingerprint density at radius 1 is 0.632 bits per heavy atom. The lowest BCUT2D eigenvalue weighted by Gasteiger charge is -2.11. The van der Waals surface area contributed by atoms with E-state index in [0.717, 1.165) is 74.3 Å². The Bertz CT molecular complexity index is 1890. The second kappa shape index (κ2) is 25.9. The minimum Gasteiger partial charge on any atom is -0.494 e. The van der Waals surface area contributed by atoms with Crippen LogP contribution in [0.2, 0.25) is 0 Å². The second-order valence-electron chi connectivity index (χ2n) is 12.4. The van der Waals surface area contributed by atoms with Crippen LogP contribution < -0.4 is 19.1 Å². The largest absolute Gasteiger partial charge is 0.494 e. The molecule has 4 aromatic rings. The van der Waals surface area contributed by atoms with Crippen LogP contribution in [-0.2, 0) is 30.6 Å². The summed E-state index contributed by atoms with van der Waals surface area (Å²) in [6.07, 6.45) is 12.6. The molecule has 0 N–H and O–H groups in total. The number of hydrogen-bond acceptors (Lipinski definition) is 13. The van der Waals surface area contributed by atoms with Crippen molar-refractivity contribution in [3.8, 4) is 23.0 Å². The van der Waals surface area contributed by atoms with E-state index in [4.69, 9.17) is 33.5 Å². The molecule has 0 amide bonds. The van der Waals surface area contributed by atoms with Gasteiger partial charge < -0.3 is 28.6 Å². The van der Waals surface area contributed by atoms with Crippen molar-refractivity contribution >= 4 is 41.7 Å². The Morgan fingerprint density at radius 2 is 1.19 bits per heavy atom. The SMILES string of the molecule is C=CC(=O)OCCCCCCOc1ccc(COOc2ccc(OC(=O)c3ccc(OCCCCCCOC(=O)C=C)cc3)cc2/C=N/N=C/c2ccsc2)cc1. The summed E-state index contributed by atoms with van der Waals surface area (Å²) < 4.78 is 27.3. The Labute approximate surface area is 337 Å². The quantitative estimate of drug-likeness (QED) is 0.0109. The highest BCUT2D eigenvalue weighted by molar-refractivity contribution is 7.08. The molecule has 3 aromatic carbocycles. The van der Waals surface area contributed by atoms with Crippen LogP contribution in [0, 0.1) is 0 Å². The highest BCUT2D eigenvalue weighted by Gasteiger charge is 2.13. The number of rotatable bonds is 27. The van der Waals surface area contributed by atoms with Crippen LogP contribution in [0.4, 0.5) is 0 Å². The number of benzene rings is 3. The Morgan fingerprint density at radius 3 is 1.77 bits per heavy atom. The summed E-state index contributed by atoms with van der Waals surface area (Å²) in [5, 5.41) is 12.2. The molecule has 57 heavy (non-hydrogen) atoms. The fraction of sp³-hybridized carbons (Fsp3) is 0.295. The van der Waals surface area contributed by atoms with Gasteiger partial charge in [-0.2, -0.15) is 26.4 Å². The smallest absolute Gasteiger partial charge is 0.343 e. The molecule has 300 valence electrons. The third kappa shape index (κ3) is 17.5. The summed E-state index contributed by atoms with van der Waals surface area (Å²) in [5.41, 5.74) is 2.63. The molecule has 1 heterocycles. The molecule has 0 fully saturated rings. The van der Waals surface area contributed by atoms with Crippen molar-refractivity contribution in [2.24, 2.45) is 10.2 Å². The van der Waals surface area contributed by atoms with Gasteiger partial charge in [-0.15, -0.1) is 0 Å². The Kier molecular flexibility index (Phi) is 19.9. The van der Waals surface area contributed by atoms with Crippen molar-refractivity contribution in [2.75, 3.05) is 26.4 Å². The summed E-state index contributed by atoms with van der Waals surface area (Å²) in [4.78, 5) is 46.4. The van der Waals surface area contributed by atoms with Gasteiger partial charge in [0.25, 0.3) is 0 Å². The maximum atomic E-state index is 13.0. The highest BCUT2D eigenvalue weighted by atomic mass is 32.1. The van der Waals surface area contributed by atoms with Crippen LogP contribution in [0.15, 0.2) is 119 Å². The van der Waals surface area contributed by atoms with E-state index >= 15 is 0 Å². The number of carbonyl (C=O) groups excluding carboxylic acids is 3. The van der Waals surface area contributed by atoms with Crippen molar-refractivity contribution in [3.63, 3.8) is 0 Å². The minimum absolute atomic E-state index is 0.162. The van der Waals surface area contributed by atoms with E-state index in [1.807, 2.05) is 41.1 Å². The summed E-state index contributed by atoms with van der Waals surface area (Å²) in [7, 11) is 0. The zero-order valence-corrected chi connectivity index (χ0v) is 32.7. The molecular formula is C44H48N2O10S. The molecule has 0 unspecified atom stereocenters. The van der Waals surface area contributed by atoms with Gasteiger partial charge in [0, 0.05) is 23.3 Å². The first kappa shape index (κ1) is 43.7. The standard InChI is InChI=1S/C44H48N2O10S/c1-3-42(47)52-26-11-7-5-9-24-50-38-17-13-34(14-18-38)32-54-56-41-22-21-40(29-37(41)31-46-45-30-35-23-28-57-33-35)55-44(49)36-15-19-39(20-16-36)51-25-10-6-8-12-27-53-43(48)4-2/h3-4,13-23,28-31,33H,1-2,5-12,24-27,32H2/b45-30+,46-31+. The molecule has 0 radical (unpaired) electrons. The Balaban J connectivity index is 1.24. The number of nitrogens with zero attached hydrogens (tertiary/aromatic N) is 2. The number of esters is 3. The fourth-order valence-corrected chi connectivity index (χ4v) is 5.58. The third-order valence-electron chi connectivity index (χ3n) is 8.03. The average Bonchev–Trinajstić information content (AvgIpc) is 3.76. The van der Waals surface area contributed by atoms with Gasteiger partial charge in [-0.3, -0.25) is 0 Å². The summed E-state index contributed by atoms with van der Waals surface area (Å²) in [6.45, 7) is 8.81. The molecular weight excluding hydrogens is 749 g/mol. The first-order chi connectivity index (χ1) is 27.9. The number of carbonyl (C=O) groups is 3. The van der Waals surface area contributed by atoms with Crippen LogP contribution >= 0.6 is 11.3 Å². The van der Waals surface area contributed by atoms with Crippen LogP contribution in [0.5, 0.6) is 23.0 Å². The summed E-state index contributed by atoms with van der Waals surface area (Å²) in [5.74, 6) is 0.673. The lowest BCUT2D eigenvalue weighted by molar-refractivity contribution is -0.217. The first-order valence-corrected chi connectivity index (χ1v) is 19.6. The van der Waals surface area contributed by atoms with Crippen molar-refractivity contribution in [3.05, 3.63) is 131 Å². The zero-order chi connectivity index (χ0) is 40.3. The molecule has 0 aliphatic heterocycles. The molecule has 0 aliphatic carbocycles. The van der Waals surface area contributed by atoms with E-state index < -0.39 is 17.9 Å². The molecule has 0 spiro atoms. The molecule has 0 aliphatic rings. The highest BCUT2D eigenvalue weighted by Crippen LogP contribution is 2.25. The monoisotopic (exact) mass is 796 g/mol. The van der Waals surface area contributed by atoms with Gasteiger partial charge >= 0.3 is 17.9 Å². The minimum atomic E-state index is -0.543. The van der Waals surface area contributed by atoms with Crippen molar-refractivity contribution in [1.29, 1.82) is 0 Å². The maximum absolute atomic E-state index is 13.0. The molecule has 0 atom stereocenters. The number of ether oxygens (including phenoxy) is 5. The zero-order valence-electron chi connectivity index (χ0n) is 31.9. The van der Waals surface area contributed by atoms with Gasteiger partial charge in [0.2, 0.25) is 0 Å². The predicted octanol–water partition coefficient (Wildman–Crippen LogP) is 9.27. The van der Waals surface area contributed by atoms with Crippen LogP contribution in [0.25, 0.3) is 0 Å². The van der Waals surface area contributed by atoms with E-state index in [2.05, 4.69) is 23.4 Å². The normalized spacial score (nSPS) is 10.9. The van der Waals surface area contributed by atoms with Crippen molar-refractivity contribution in [1.82, 2.24) is 0 Å². The van der Waals surface area contributed by atoms with Crippen molar-refractivity contribution < 1.29 is 47.8 Å². The van der Waals surface area contributed by atoms with E-state index in [1.165, 1.54) is 12.3 Å². The topological polar surface area (TPSA) is 141 Å². The van der Waals surface area contributed by atoms with Gasteiger partial charge in [-0.1, -0.05) is 25.3 Å². The summed E-state index contributed by atoms with van der Waals surface area (Å²) >= 11 is 1.56. The van der Waals surface area contributed by atoms with E-state index in [0.29, 0.717) is 49.1 Å². The molecule has 0 saturated carbocycles. The molecule has 1 aromatic heterocycles. The second-order valence-corrected chi connectivity index (χ2v) is 13.2. The van der Waals surface area contributed by atoms with Crippen LogP contribution in [0.1, 0.15) is 78.4 Å². The van der Waals surface area contributed by atoms with Gasteiger partial charge in [0.1, 0.15) is 23.9 Å². The molecule has 12 nitrogen and oxygen atoms in total. The molecule has 0 bridgehead atoms. The number of thiophene rings is 1. The first-order valence-electron chi connectivity index (χ1n) is 18.7. The van der Waals surface area contributed by atoms with Crippen LogP contribution in [0.3, 0.4) is 0 Å². The third-order valence-corrected chi connectivity index (χ3v) is 8.73. The molecule has 4 rings (SSSR count). The summed E-state index contributed by atoms with van der Waals surface area (Å²) in [6, 6.07) is 21.1. The number of hydrogen-bond donors (Lipinski definition) is 0. The van der Waals surface area contributed by atoms with E-state index in [9.17, 15) is 14.4 Å². The molecule has 0 saturated heterocycles. The average molecular weight is 797 g/mol. The van der Waals surface area contributed by atoms with Gasteiger partial charge in [0.15, 0.2) is 5.75 Å². The Hall–Kier alpha value is -6.05. The van der Waals surface area contributed by atoms with Gasteiger partial charge in [-0.05, 0) is 128 Å². The lowest BCUT2D eigenvalue weighted by Crippen LogP contribution is -2.09. The van der Waals surface area contributed by atoms with E-state index in [1.54, 1.807) is 60.0 Å². The van der Waals surface area contributed by atoms with Crippen LogP contribution in [-0.4, -0.2) is 56.8 Å². The van der Waals surface area contributed by atoms with Crippen molar-refractivity contribution in [2.45, 2.75) is 58.0 Å². The fourth-order valence-electron chi connectivity index (χ4n) is 4.97. The molecule has 13 heteroatoms. The van der Waals surface area contributed by atoms with E-state index in [-0.39, 0.29) is 12.4 Å². The maximum Gasteiger partial charge on any atom is 0.343 e.